The second-order valence-corrected chi connectivity index (χ2v) is 5.65. The first kappa shape index (κ1) is 20.3. The van der Waals surface area contributed by atoms with Crippen molar-refractivity contribution in [2.24, 2.45) is 0 Å². The number of nitrogens with one attached hydrogen (secondary N) is 1. The van der Waals surface area contributed by atoms with Gasteiger partial charge in [0.05, 0.1) is 13.7 Å². The topological polar surface area (TPSA) is 94.1 Å². The molecule has 0 saturated heterocycles. The van der Waals surface area contributed by atoms with Crippen molar-refractivity contribution in [2.45, 2.75) is 25.7 Å². The second-order valence-electron chi connectivity index (χ2n) is 5.65. The number of rotatable bonds is 8. The van der Waals surface area contributed by atoms with E-state index in [0.29, 0.717) is 11.3 Å². The number of amides is 1. The lowest BCUT2D eigenvalue weighted by Crippen LogP contribution is -2.46. The number of carbonyl (C=O) groups is 2. The molecular weight excluding hydrogens is 350 g/mol. The Morgan fingerprint density at radius 1 is 1.04 bits per heavy atom. The zero-order chi connectivity index (χ0) is 19.6. The first-order valence-corrected chi connectivity index (χ1v) is 8.51. The lowest BCUT2D eigenvalue weighted by molar-refractivity contribution is -0.148. The summed E-state index contributed by atoms with van der Waals surface area (Å²) in [6.45, 7) is 1.80. The SMILES string of the molecule is CCOC(=O)C(NC(=O)OCc1ccccc1)C(O)c1ccc(OC)cc1. The van der Waals surface area contributed by atoms with Crippen molar-refractivity contribution in [3.05, 3.63) is 65.7 Å². The standard InChI is InChI=1S/C20H23NO6/c1-3-26-19(23)17(18(22)15-9-11-16(25-2)12-10-15)21-20(24)27-13-14-7-5-4-6-8-14/h4-12,17-18,22H,3,13H2,1-2H3,(H,21,24). The van der Waals surface area contributed by atoms with Gasteiger partial charge in [-0.05, 0) is 30.2 Å². The molecule has 1 amide bonds. The first-order chi connectivity index (χ1) is 13.0. The van der Waals surface area contributed by atoms with Crippen molar-refractivity contribution >= 4 is 12.1 Å². The number of alkyl carbamates (subject to hydrolysis) is 1. The van der Waals surface area contributed by atoms with Crippen LogP contribution in [0.2, 0.25) is 0 Å². The van der Waals surface area contributed by atoms with E-state index in [0.717, 1.165) is 5.56 Å². The number of aliphatic hydroxyl groups excluding tert-OH is 1. The van der Waals surface area contributed by atoms with Crippen molar-refractivity contribution in [2.75, 3.05) is 13.7 Å². The molecule has 0 aliphatic rings. The van der Waals surface area contributed by atoms with E-state index in [1.54, 1.807) is 31.2 Å². The molecule has 0 fully saturated rings. The Balaban J connectivity index is 2.05. The van der Waals surface area contributed by atoms with Crippen molar-refractivity contribution < 1.29 is 28.9 Å². The fourth-order valence-corrected chi connectivity index (χ4v) is 2.38. The number of ether oxygens (including phenoxy) is 3. The molecule has 2 aromatic carbocycles. The summed E-state index contributed by atoms with van der Waals surface area (Å²) in [4.78, 5) is 24.3. The summed E-state index contributed by atoms with van der Waals surface area (Å²) < 4.78 is 15.2. The van der Waals surface area contributed by atoms with E-state index in [2.05, 4.69) is 5.32 Å². The third kappa shape index (κ3) is 6.00. The third-order valence-corrected chi connectivity index (χ3v) is 3.80. The number of aliphatic hydroxyl groups is 1. The Labute approximate surface area is 157 Å². The molecule has 0 saturated carbocycles. The summed E-state index contributed by atoms with van der Waals surface area (Å²) in [7, 11) is 1.52. The highest BCUT2D eigenvalue weighted by Crippen LogP contribution is 2.21. The maximum Gasteiger partial charge on any atom is 0.408 e. The molecule has 7 nitrogen and oxygen atoms in total. The predicted octanol–water partition coefficient (Wildman–Crippen LogP) is 2.59. The predicted molar refractivity (Wildman–Crippen MR) is 98.1 cm³/mol. The zero-order valence-electron chi connectivity index (χ0n) is 15.3. The van der Waals surface area contributed by atoms with Gasteiger partial charge in [-0.2, -0.15) is 0 Å². The number of hydrogen-bond acceptors (Lipinski definition) is 6. The molecule has 7 heteroatoms. The highest BCUT2D eigenvalue weighted by molar-refractivity contribution is 5.82. The quantitative estimate of drug-likeness (QED) is 0.691. The van der Waals surface area contributed by atoms with E-state index in [4.69, 9.17) is 14.2 Å². The van der Waals surface area contributed by atoms with Crippen molar-refractivity contribution in [3.8, 4) is 5.75 Å². The minimum absolute atomic E-state index is 0.0425. The van der Waals surface area contributed by atoms with Crippen LogP contribution in [0.1, 0.15) is 24.2 Å². The van der Waals surface area contributed by atoms with Crippen LogP contribution in [0.25, 0.3) is 0 Å². The Morgan fingerprint density at radius 2 is 1.70 bits per heavy atom. The van der Waals surface area contributed by atoms with Crippen molar-refractivity contribution in [3.63, 3.8) is 0 Å². The molecule has 2 aromatic rings. The van der Waals surface area contributed by atoms with Crippen LogP contribution >= 0.6 is 0 Å². The third-order valence-electron chi connectivity index (χ3n) is 3.80. The molecule has 2 atom stereocenters. The summed E-state index contributed by atoms with van der Waals surface area (Å²) in [5.74, 6) is -0.147. The summed E-state index contributed by atoms with van der Waals surface area (Å²) in [6, 6.07) is 14.3. The molecule has 0 aromatic heterocycles. The van der Waals surface area contributed by atoms with Crippen molar-refractivity contribution in [1.82, 2.24) is 5.32 Å². The molecule has 0 bridgehead atoms. The van der Waals surface area contributed by atoms with E-state index in [1.165, 1.54) is 7.11 Å². The maximum absolute atomic E-state index is 12.2. The maximum atomic E-state index is 12.2. The summed E-state index contributed by atoms with van der Waals surface area (Å²) in [6.07, 6.45) is -2.14. The zero-order valence-corrected chi connectivity index (χ0v) is 15.3. The number of hydrogen-bond donors (Lipinski definition) is 2. The van der Waals surface area contributed by atoms with Crippen LogP contribution in [0, 0.1) is 0 Å². The minimum Gasteiger partial charge on any atom is -0.497 e. The molecule has 2 N–H and O–H groups in total. The normalized spacial score (nSPS) is 12.6. The number of esters is 1. The Morgan fingerprint density at radius 3 is 2.30 bits per heavy atom. The van der Waals surface area contributed by atoms with Gasteiger partial charge in [0.15, 0.2) is 6.04 Å². The van der Waals surface area contributed by atoms with Gasteiger partial charge in [-0.3, -0.25) is 0 Å². The van der Waals surface area contributed by atoms with Gasteiger partial charge < -0.3 is 24.6 Å². The highest BCUT2D eigenvalue weighted by Gasteiger charge is 2.31. The largest absolute Gasteiger partial charge is 0.497 e. The molecule has 0 spiro atoms. The summed E-state index contributed by atoms with van der Waals surface area (Å²) in [5, 5.41) is 12.9. The van der Waals surface area contributed by atoms with E-state index < -0.39 is 24.2 Å². The Kier molecular flexibility index (Phi) is 7.63. The molecule has 144 valence electrons. The van der Waals surface area contributed by atoms with E-state index in [-0.39, 0.29) is 13.2 Å². The summed E-state index contributed by atoms with van der Waals surface area (Å²) >= 11 is 0. The van der Waals surface area contributed by atoms with E-state index in [9.17, 15) is 14.7 Å². The Hall–Kier alpha value is -3.06. The van der Waals surface area contributed by atoms with Gasteiger partial charge in [-0.1, -0.05) is 42.5 Å². The molecule has 0 radical (unpaired) electrons. The average Bonchev–Trinajstić information content (AvgIpc) is 2.71. The molecule has 2 rings (SSSR count). The van der Waals surface area contributed by atoms with Crippen LogP contribution in [0.3, 0.4) is 0 Å². The first-order valence-electron chi connectivity index (χ1n) is 8.51. The lowest BCUT2D eigenvalue weighted by atomic mass is 10.0. The average molecular weight is 373 g/mol. The fraction of sp³-hybridized carbons (Fsp3) is 0.300. The van der Waals surface area contributed by atoms with Gasteiger partial charge in [0, 0.05) is 0 Å². The van der Waals surface area contributed by atoms with Crippen LogP contribution in [0.15, 0.2) is 54.6 Å². The highest BCUT2D eigenvalue weighted by atomic mass is 16.6. The van der Waals surface area contributed by atoms with Crippen LogP contribution in [0.4, 0.5) is 4.79 Å². The molecule has 0 aliphatic heterocycles. The molecule has 2 unspecified atom stereocenters. The number of carbonyl (C=O) groups excluding carboxylic acids is 2. The summed E-state index contributed by atoms with van der Waals surface area (Å²) in [5.41, 5.74) is 1.23. The smallest absolute Gasteiger partial charge is 0.408 e. The fourth-order valence-electron chi connectivity index (χ4n) is 2.38. The van der Waals surface area contributed by atoms with Gasteiger partial charge >= 0.3 is 12.1 Å². The van der Waals surface area contributed by atoms with Crippen LogP contribution in [-0.4, -0.2) is 36.9 Å². The van der Waals surface area contributed by atoms with Gasteiger partial charge in [0.25, 0.3) is 0 Å². The van der Waals surface area contributed by atoms with Gasteiger partial charge in [0.2, 0.25) is 0 Å². The Bertz CT molecular complexity index is 732. The molecule has 0 aliphatic carbocycles. The van der Waals surface area contributed by atoms with Crippen LogP contribution in [0.5, 0.6) is 5.75 Å². The lowest BCUT2D eigenvalue weighted by Gasteiger charge is -2.22. The molecular formula is C20H23NO6. The van der Waals surface area contributed by atoms with E-state index in [1.807, 2.05) is 30.3 Å². The van der Waals surface area contributed by atoms with Gasteiger partial charge in [-0.25, -0.2) is 9.59 Å². The van der Waals surface area contributed by atoms with E-state index >= 15 is 0 Å². The van der Waals surface area contributed by atoms with Gasteiger partial charge in [0.1, 0.15) is 18.5 Å². The minimum atomic E-state index is -1.31. The number of benzene rings is 2. The van der Waals surface area contributed by atoms with Crippen LogP contribution < -0.4 is 10.1 Å². The van der Waals surface area contributed by atoms with Crippen molar-refractivity contribution in [1.29, 1.82) is 0 Å². The van der Waals surface area contributed by atoms with Crippen LogP contribution in [-0.2, 0) is 20.9 Å². The monoisotopic (exact) mass is 373 g/mol. The molecule has 27 heavy (non-hydrogen) atoms. The van der Waals surface area contributed by atoms with Gasteiger partial charge in [-0.15, -0.1) is 0 Å². The number of methoxy groups -OCH3 is 1. The molecule has 0 heterocycles. The second kappa shape index (κ2) is 10.2.